The van der Waals surface area contributed by atoms with Crippen LogP contribution >= 0.6 is 0 Å². The van der Waals surface area contributed by atoms with Crippen LogP contribution in [0.4, 0.5) is 5.69 Å². The molecule has 0 aliphatic carbocycles. The van der Waals surface area contributed by atoms with Crippen molar-refractivity contribution in [2.45, 2.75) is 20.0 Å². The van der Waals surface area contributed by atoms with Gasteiger partial charge in [0.25, 0.3) is 5.69 Å². The number of carbonyl (C=O) groups is 1. The van der Waals surface area contributed by atoms with E-state index in [9.17, 15) is 20.0 Å². The number of nitro groups is 1. The molecule has 1 rings (SSSR count). The number of carboxylic acids is 1. The van der Waals surface area contributed by atoms with E-state index < -0.39 is 22.9 Å². The average Bonchev–Trinajstić information content (AvgIpc) is 2.27. The molecule has 0 fully saturated rings. The molecule has 6 nitrogen and oxygen atoms in total. The summed E-state index contributed by atoms with van der Waals surface area (Å²) in [4.78, 5) is 20.9. The van der Waals surface area contributed by atoms with Crippen LogP contribution in [0.25, 0.3) is 0 Å². The predicted octanol–water partition coefficient (Wildman–Crippen LogP) is 1.66. The number of carboxylic acid groups (broad SMARTS) is 1. The van der Waals surface area contributed by atoms with Gasteiger partial charge in [-0.1, -0.05) is 12.1 Å². The van der Waals surface area contributed by atoms with E-state index >= 15 is 0 Å². The third-order valence-corrected chi connectivity index (χ3v) is 2.63. The molecule has 0 amide bonds. The number of aryl methyl sites for hydroxylation is 1. The number of nitro benzene ring substituents is 1. The van der Waals surface area contributed by atoms with Gasteiger partial charge in [-0.2, -0.15) is 0 Å². The zero-order chi connectivity index (χ0) is 13.2. The SMILES string of the molecule is Cc1ccc([C@H](O)[C@H](C)C(=O)O)cc1[N+](=O)[O-]. The quantitative estimate of drug-likeness (QED) is 0.614. The highest BCUT2D eigenvalue weighted by atomic mass is 16.6. The molecule has 1 aromatic carbocycles. The van der Waals surface area contributed by atoms with Crippen LogP contribution in [0.15, 0.2) is 18.2 Å². The van der Waals surface area contributed by atoms with Gasteiger partial charge < -0.3 is 10.2 Å². The molecule has 0 bridgehead atoms. The first kappa shape index (κ1) is 13.1. The Morgan fingerprint density at radius 2 is 2.06 bits per heavy atom. The molecule has 0 aliphatic rings. The highest BCUT2D eigenvalue weighted by molar-refractivity contribution is 5.70. The van der Waals surface area contributed by atoms with Gasteiger partial charge in [-0.25, -0.2) is 0 Å². The molecule has 6 heteroatoms. The molecule has 0 saturated heterocycles. The number of benzene rings is 1. The maximum absolute atomic E-state index is 10.7. The summed E-state index contributed by atoms with van der Waals surface area (Å²) in [6, 6.07) is 4.19. The van der Waals surface area contributed by atoms with Gasteiger partial charge in [0.1, 0.15) is 0 Å². The fourth-order valence-corrected chi connectivity index (χ4v) is 1.43. The third kappa shape index (κ3) is 2.79. The summed E-state index contributed by atoms with van der Waals surface area (Å²) in [6.45, 7) is 2.92. The topological polar surface area (TPSA) is 101 Å². The van der Waals surface area contributed by atoms with E-state index in [0.29, 0.717) is 5.56 Å². The summed E-state index contributed by atoms with van der Waals surface area (Å²) >= 11 is 0. The lowest BCUT2D eigenvalue weighted by molar-refractivity contribution is -0.385. The summed E-state index contributed by atoms with van der Waals surface area (Å²) in [5.41, 5.74) is 0.574. The van der Waals surface area contributed by atoms with Crippen molar-refractivity contribution in [3.63, 3.8) is 0 Å². The second-order valence-corrected chi connectivity index (χ2v) is 3.87. The molecule has 0 spiro atoms. The molecule has 0 saturated carbocycles. The van der Waals surface area contributed by atoms with Crippen molar-refractivity contribution in [3.05, 3.63) is 39.4 Å². The monoisotopic (exact) mass is 239 g/mol. The molecular formula is C11H13NO5. The lowest BCUT2D eigenvalue weighted by Crippen LogP contribution is -2.18. The molecular weight excluding hydrogens is 226 g/mol. The molecule has 0 heterocycles. The van der Waals surface area contributed by atoms with Gasteiger partial charge in [0.05, 0.1) is 16.9 Å². The molecule has 0 aliphatic heterocycles. The Kier molecular flexibility index (Phi) is 3.80. The first-order valence-electron chi connectivity index (χ1n) is 5.00. The first-order chi connectivity index (χ1) is 7.84. The van der Waals surface area contributed by atoms with Gasteiger partial charge in [-0.05, 0) is 19.4 Å². The summed E-state index contributed by atoms with van der Waals surface area (Å²) in [6.07, 6.45) is -1.26. The molecule has 0 aromatic heterocycles. The fourth-order valence-electron chi connectivity index (χ4n) is 1.43. The van der Waals surface area contributed by atoms with E-state index in [0.717, 1.165) is 0 Å². The van der Waals surface area contributed by atoms with Gasteiger partial charge in [-0.15, -0.1) is 0 Å². The summed E-state index contributed by atoms with van der Waals surface area (Å²) < 4.78 is 0. The summed E-state index contributed by atoms with van der Waals surface area (Å²) in [5.74, 6) is -2.17. The zero-order valence-corrected chi connectivity index (χ0v) is 9.45. The Bertz CT molecular complexity index is 457. The molecule has 2 atom stereocenters. The Hall–Kier alpha value is -1.95. The Morgan fingerprint density at radius 1 is 1.47 bits per heavy atom. The van der Waals surface area contributed by atoms with E-state index in [1.54, 1.807) is 6.92 Å². The third-order valence-electron chi connectivity index (χ3n) is 2.63. The van der Waals surface area contributed by atoms with Crippen molar-refractivity contribution < 1.29 is 19.9 Å². The van der Waals surface area contributed by atoms with E-state index in [4.69, 9.17) is 5.11 Å². The number of aliphatic carboxylic acids is 1. The van der Waals surface area contributed by atoms with Gasteiger partial charge in [0.2, 0.25) is 0 Å². The molecule has 2 N–H and O–H groups in total. The van der Waals surface area contributed by atoms with Gasteiger partial charge >= 0.3 is 5.97 Å². The number of hydrogen-bond donors (Lipinski definition) is 2. The first-order valence-corrected chi connectivity index (χ1v) is 5.00. The Morgan fingerprint density at radius 3 is 2.53 bits per heavy atom. The van der Waals surface area contributed by atoms with Crippen molar-refractivity contribution in [3.8, 4) is 0 Å². The van der Waals surface area contributed by atoms with E-state index in [1.165, 1.54) is 25.1 Å². The van der Waals surface area contributed by atoms with Gasteiger partial charge in [0.15, 0.2) is 0 Å². The van der Waals surface area contributed by atoms with Crippen molar-refractivity contribution >= 4 is 11.7 Å². The van der Waals surface area contributed by atoms with Crippen molar-refractivity contribution in [1.29, 1.82) is 0 Å². The van der Waals surface area contributed by atoms with Crippen molar-refractivity contribution in [1.82, 2.24) is 0 Å². The minimum Gasteiger partial charge on any atom is -0.481 e. The van der Waals surface area contributed by atoms with Crippen LogP contribution < -0.4 is 0 Å². The number of aliphatic hydroxyl groups is 1. The molecule has 0 unspecified atom stereocenters. The minimum atomic E-state index is -1.26. The van der Waals surface area contributed by atoms with E-state index in [2.05, 4.69) is 0 Å². The van der Waals surface area contributed by atoms with Crippen LogP contribution in [0.2, 0.25) is 0 Å². The number of aliphatic hydroxyl groups excluding tert-OH is 1. The summed E-state index contributed by atoms with van der Waals surface area (Å²) in [7, 11) is 0. The van der Waals surface area contributed by atoms with Gasteiger partial charge in [-0.3, -0.25) is 14.9 Å². The standard InChI is InChI=1S/C11H13NO5/c1-6-3-4-8(5-9(6)12(16)17)10(13)7(2)11(14)15/h3-5,7,10,13H,1-2H3,(H,14,15)/t7-,10+/m0/s1. The lowest BCUT2D eigenvalue weighted by atomic mass is 9.96. The van der Waals surface area contributed by atoms with E-state index in [1.807, 2.05) is 0 Å². The predicted molar refractivity (Wildman–Crippen MR) is 59.6 cm³/mol. The van der Waals surface area contributed by atoms with Gasteiger partial charge in [0, 0.05) is 11.6 Å². The Balaban J connectivity index is 3.11. The maximum atomic E-state index is 10.7. The van der Waals surface area contributed by atoms with Crippen LogP contribution in [-0.2, 0) is 4.79 Å². The molecule has 0 radical (unpaired) electrons. The average molecular weight is 239 g/mol. The fraction of sp³-hybridized carbons (Fsp3) is 0.364. The molecule has 17 heavy (non-hydrogen) atoms. The molecule has 1 aromatic rings. The smallest absolute Gasteiger partial charge is 0.309 e. The second kappa shape index (κ2) is 4.92. The van der Waals surface area contributed by atoms with Crippen LogP contribution in [0.5, 0.6) is 0 Å². The Labute approximate surface area is 97.7 Å². The van der Waals surface area contributed by atoms with Crippen molar-refractivity contribution in [2.24, 2.45) is 5.92 Å². The minimum absolute atomic E-state index is 0.126. The highest BCUT2D eigenvalue weighted by Crippen LogP contribution is 2.27. The maximum Gasteiger partial charge on any atom is 0.309 e. The molecule has 92 valence electrons. The second-order valence-electron chi connectivity index (χ2n) is 3.87. The number of hydrogen-bond acceptors (Lipinski definition) is 4. The zero-order valence-electron chi connectivity index (χ0n) is 9.45. The van der Waals surface area contributed by atoms with Crippen LogP contribution in [-0.4, -0.2) is 21.1 Å². The normalized spacial score (nSPS) is 14.1. The lowest BCUT2D eigenvalue weighted by Gasteiger charge is -2.15. The van der Waals surface area contributed by atoms with E-state index in [-0.39, 0.29) is 11.3 Å². The number of nitrogens with zero attached hydrogens (tertiary/aromatic N) is 1. The number of rotatable bonds is 4. The largest absolute Gasteiger partial charge is 0.481 e. The van der Waals surface area contributed by atoms with Crippen LogP contribution in [0.1, 0.15) is 24.2 Å². The van der Waals surface area contributed by atoms with Crippen LogP contribution in [0.3, 0.4) is 0 Å². The highest BCUT2D eigenvalue weighted by Gasteiger charge is 2.24. The summed E-state index contributed by atoms with van der Waals surface area (Å²) in [5, 5.41) is 29.2. The van der Waals surface area contributed by atoms with Crippen molar-refractivity contribution in [2.75, 3.05) is 0 Å². The van der Waals surface area contributed by atoms with Crippen LogP contribution in [0, 0.1) is 23.0 Å².